The van der Waals surface area contributed by atoms with E-state index in [1.165, 1.54) is 5.56 Å². The number of benzene rings is 1. The Bertz CT molecular complexity index is 245. The molecule has 0 radical (unpaired) electrons. The Balaban J connectivity index is 2.69. The summed E-state index contributed by atoms with van der Waals surface area (Å²) in [5, 5.41) is 0. The van der Waals surface area contributed by atoms with Crippen LogP contribution in [-0.4, -0.2) is 18.5 Å². The first-order valence-corrected chi connectivity index (χ1v) is 4.26. The van der Waals surface area contributed by atoms with Gasteiger partial charge in [-0.25, -0.2) is 0 Å². The van der Waals surface area contributed by atoms with Gasteiger partial charge < -0.3 is 10.6 Å². The molecule has 0 saturated heterocycles. The highest BCUT2D eigenvalue weighted by atomic mass is 15.1. The number of nitrogens with zero attached hydrogens (tertiary/aromatic N) is 1. The molecule has 66 valence electrons. The Morgan fingerprint density at radius 2 is 2.00 bits per heavy atom. The molecule has 1 aromatic rings. The molecular weight excluding hydrogens is 148 g/mol. The van der Waals surface area contributed by atoms with Crippen molar-refractivity contribution in [2.75, 3.05) is 19.3 Å². The Labute approximate surface area is 74.0 Å². The Morgan fingerprint density at radius 1 is 1.33 bits per heavy atom. The van der Waals surface area contributed by atoms with Gasteiger partial charge in [0, 0.05) is 12.2 Å². The van der Waals surface area contributed by atoms with E-state index < -0.39 is 0 Å². The van der Waals surface area contributed by atoms with Crippen LogP contribution in [0, 0.1) is 0 Å². The van der Waals surface area contributed by atoms with Crippen molar-refractivity contribution in [1.29, 1.82) is 0 Å². The number of hydrogen-bond donors (Lipinski definition) is 1. The van der Waals surface area contributed by atoms with Crippen LogP contribution >= 0.6 is 0 Å². The lowest BCUT2D eigenvalue weighted by Gasteiger charge is -2.14. The van der Waals surface area contributed by atoms with E-state index in [0.29, 0.717) is 0 Å². The molecule has 0 amide bonds. The van der Waals surface area contributed by atoms with Crippen LogP contribution in [0.15, 0.2) is 24.3 Å². The fourth-order valence-electron chi connectivity index (χ4n) is 1.08. The minimum absolute atomic E-state index is 0.887. The van der Waals surface area contributed by atoms with Gasteiger partial charge in [0.05, 0.1) is 0 Å². The lowest BCUT2D eigenvalue weighted by molar-refractivity contribution is 0.346. The van der Waals surface area contributed by atoms with Crippen LogP contribution < -0.4 is 5.73 Å². The van der Waals surface area contributed by atoms with Gasteiger partial charge in [-0.2, -0.15) is 0 Å². The average molecular weight is 164 g/mol. The molecule has 2 N–H and O–H groups in total. The predicted octanol–water partition coefficient (Wildman–Crippen LogP) is 1.72. The van der Waals surface area contributed by atoms with E-state index >= 15 is 0 Å². The average Bonchev–Trinajstić information content (AvgIpc) is 2.09. The van der Waals surface area contributed by atoms with Crippen LogP contribution in [0.5, 0.6) is 0 Å². The molecule has 2 heteroatoms. The van der Waals surface area contributed by atoms with Crippen LogP contribution in [0.3, 0.4) is 0 Å². The van der Waals surface area contributed by atoms with E-state index in [-0.39, 0.29) is 0 Å². The third-order valence-corrected chi connectivity index (χ3v) is 2.04. The molecule has 0 bridgehead atoms. The summed E-state index contributed by atoms with van der Waals surface area (Å²) in [5.41, 5.74) is 7.89. The molecule has 0 aliphatic rings. The van der Waals surface area contributed by atoms with Crippen LogP contribution in [0.25, 0.3) is 0 Å². The zero-order valence-electron chi connectivity index (χ0n) is 7.75. The van der Waals surface area contributed by atoms with Crippen molar-refractivity contribution in [3.63, 3.8) is 0 Å². The molecule has 0 aromatic heterocycles. The lowest BCUT2D eigenvalue weighted by Crippen LogP contribution is -2.17. The quantitative estimate of drug-likeness (QED) is 0.689. The fraction of sp³-hybridized carbons (Fsp3) is 0.400. The van der Waals surface area contributed by atoms with Gasteiger partial charge in [-0.15, -0.1) is 0 Å². The first-order chi connectivity index (χ1) is 5.74. The van der Waals surface area contributed by atoms with E-state index in [0.717, 1.165) is 18.8 Å². The maximum Gasteiger partial charge on any atom is 0.0359 e. The maximum absolute atomic E-state index is 5.80. The highest BCUT2D eigenvalue weighted by Gasteiger charge is 1.99. The molecule has 1 rings (SSSR count). The van der Waals surface area contributed by atoms with Crippen LogP contribution in [-0.2, 0) is 6.54 Å². The molecule has 2 nitrogen and oxygen atoms in total. The molecule has 0 spiro atoms. The Morgan fingerprint density at radius 3 is 2.58 bits per heavy atom. The number of nitrogens with two attached hydrogens (primary N) is 1. The van der Waals surface area contributed by atoms with Crippen molar-refractivity contribution in [1.82, 2.24) is 4.90 Å². The minimum atomic E-state index is 0.887. The second-order valence-electron chi connectivity index (χ2n) is 3.03. The molecule has 0 saturated carbocycles. The zero-order valence-corrected chi connectivity index (χ0v) is 7.75. The normalized spacial score (nSPS) is 10.6. The number of anilines is 1. The number of para-hydroxylation sites is 1. The third kappa shape index (κ3) is 2.24. The van der Waals surface area contributed by atoms with Crippen LogP contribution in [0.1, 0.15) is 12.5 Å². The molecular formula is C10H16N2. The van der Waals surface area contributed by atoms with Gasteiger partial charge in [0.2, 0.25) is 0 Å². The summed E-state index contributed by atoms with van der Waals surface area (Å²) in [6, 6.07) is 8.00. The second kappa shape index (κ2) is 4.12. The zero-order chi connectivity index (χ0) is 8.97. The van der Waals surface area contributed by atoms with Gasteiger partial charge in [0.1, 0.15) is 0 Å². The summed E-state index contributed by atoms with van der Waals surface area (Å²) in [4.78, 5) is 2.23. The van der Waals surface area contributed by atoms with Crippen LogP contribution in [0.4, 0.5) is 5.69 Å². The smallest absolute Gasteiger partial charge is 0.0359 e. The summed E-state index contributed by atoms with van der Waals surface area (Å²) < 4.78 is 0. The number of nitrogen functional groups attached to an aromatic ring is 1. The molecule has 0 unspecified atom stereocenters. The SMILES string of the molecule is CCN(C)Cc1ccccc1N. The summed E-state index contributed by atoms with van der Waals surface area (Å²) in [6.07, 6.45) is 0. The topological polar surface area (TPSA) is 29.3 Å². The number of rotatable bonds is 3. The maximum atomic E-state index is 5.80. The third-order valence-electron chi connectivity index (χ3n) is 2.04. The molecule has 0 atom stereocenters. The summed E-state index contributed by atoms with van der Waals surface area (Å²) in [7, 11) is 2.09. The van der Waals surface area contributed by atoms with Gasteiger partial charge in [-0.05, 0) is 25.2 Å². The molecule has 1 aromatic carbocycles. The van der Waals surface area contributed by atoms with Gasteiger partial charge in [0.15, 0.2) is 0 Å². The molecule has 0 aliphatic heterocycles. The summed E-state index contributed by atoms with van der Waals surface area (Å²) >= 11 is 0. The van der Waals surface area contributed by atoms with E-state index in [4.69, 9.17) is 5.73 Å². The largest absolute Gasteiger partial charge is 0.398 e. The lowest BCUT2D eigenvalue weighted by atomic mass is 10.2. The van der Waals surface area contributed by atoms with Gasteiger partial charge in [0.25, 0.3) is 0 Å². The van der Waals surface area contributed by atoms with Gasteiger partial charge in [-0.1, -0.05) is 25.1 Å². The van der Waals surface area contributed by atoms with E-state index in [1.807, 2.05) is 18.2 Å². The standard InChI is InChI=1S/C10H16N2/c1-3-12(2)8-9-6-4-5-7-10(9)11/h4-7H,3,8,11H2,1-2H3. The first kappa shape index (κ1) is 9.07. The molecule has 0 heterocycles. The van der Waals surface area contributed by atoms with Crippen molar-refractivity contribution in [2.45, 2.75) is 13.5 Å². The molecule has 12 heavy (non-hydrogen) atoms. The van der Waals surface area contributed by atoms with E-state index in [1.54, 1.807) is 0 Å². The van der Waals surface area contributed by atoms with Crippen molar-refractivity contribution in [3.05, 3.63) is 29.8 Å². The van der Waals surface area contributed by atoms with Crippen LogP contribution in [0.2, 0.25) is 0 Å². The fourth-order valence-corrected chi connectivity index (χ4v) is 1.08. The van der Waals surface area contributed by atoms with Gasteiger partial charge in [-0.3, -0.25) is 0 Å². The summed E-state index contributed by atoms with van der Waals surface area (Å²) in [5.74, 6) is 0. The summed E-state index contributed by atoms with van der Waals surface area (Å²) in [6.45, 7) is 4.12. The number of hydrogen-bond acceptors (Lipinski definition) is 2. The monoisotopic (exact) mass is 164 g/mol. The second-order valence-corrected chi connectivity index (χ2v) is 3.03. The van der Waals surface area contributed by atoms with Crippen molar-refractivity contribution in [3.8, 4) is 0 Å². The minimum Gasteiger partial charge on any atom is -0.398 e. The first-order valence-electron chi connectivity index (χ1n) is 4.26. The van der Waals surface area contributed by atoms with E-state index in [2.05, 4.69) is 24.9 Å². The Kier molecular flexibility index (Phi) is 3.11. The predicted molar refractivity (Wildman–Crippen MR) is 52.9 cm³/mol. The van der Waals surface area contributed by atoms with E-state index in [9.17, 15) is 0 Å². The highest BCUT2D eigenvalue weighted by molar-refractivity contribution is 5.46. The van der Waals surface area contributed by atoms with Crippen molar-refractivity contribution in [2.24, 2.45) is 0 Å². The Hall–Kier alpha value is -1.02. The molecule has 0 fully saturated rings. The highest BCUT2D eigenvalue weighted by Crippen LogP contribution is 2.11. The van der Waals surface area contributed by atoms with Crippen molar-refractivity contribution < 1.29 is 0 Å². The van der Waals surface area contributed by atoms with Gasteiger partial charge >= 0.3 is 0 Å². The molecule has 0 aliphatic carbocycles. The van der Waals surface area contributed by atoms with Crippen molar-refractivity contribution >= 4 is 5.69 Å².